The van der Waals surface area contributed by atoms with Gasteiger partial charge < -0.3 is 62.8 Å². The maximum absolute atomic E-state index is 14.2. The smallest absolute Gasteiger partial charge is 0.326 e. The number of β-amino-alcohol motifs (C(OH)–C–C–N with tert-alkyl or cyclic N) is 1. The van der Waals surface area contributed by atoms with Gasteiger partial charge in [0.25, 0.3) is 0 Å². The summed E-state index contributed by atoms with van der Waals surface area (Å²) in [5, 5.41) is 57.4. The van der Waals surface area contributed by atoms with Crippen molar-refractivity contribution < 1.29 is 54.3 Å². The quantitative estimate of drug-likeness (QED) is 0.0723. The van der Waals surface area contributed by atoms with Gasteiger partial charge in [-0.2, -0.15) is 0 Å². The second kappa shape index (κ2) is 19.9. The molecule has 2 aliphatic heterocycles. The first kappa shape index (κ1) is 42.4. The lowest BCUT2D eigenvalue weighted by atomic mass is 10.0. The first-order valence-corrected chi connectivity index (χ1v) is 18.3. The predicted octanol–water partition coefficient (Wildman–Crippen LogP) is -2.18. The number of aliphatic hydroxyl groups excluding tert-OH is 2. The van der Waals surface area contributed by atoms with Crippen molar-refractivity contribution in [3.8, 4) is 11.5 Å². The fraction of sp³-hybridized carbons (Fsp3) is 0.514. The van der Waals surface area contributed by atoms with E-state index in [1.165, 1.54) is 53.4 Å². The van der Waals surface area contributed by atoms with E-state index in [9.17, 15) is 54.3 Å². The van der Waals surface area contributed by atoms with Crippen LogP contribution in [0.3, 0.4) is 0 Å². The molecule has 0 unspecified atom stereocenters. The van der Waals surface area contributed by atoms with E-state index in [-0.39, 0.29) is 43.9 Å². The number of aliphatic hydroxyl groups is 2. The van der Waals surface area contributed by atoms with Gasteiger partial charge in [0.05, 0.1) is 18.8 Å². The van der Waals surface area contributed by atoms with Crippen LogP contribution in [0.25, 0.3) is 0 Å². The van der Waals surface area contributed by atoms with E-state index < -0.39 is 84.5 Å². The maximum Gasteiger partial charge on any atom is 0.326 e. The third-order valence-corrected chi connectivity index (χ3v) is 9.79. The van der Waals surface area contributed by atoms with Gasteiger partial charge in [0, 0.05) is 32.4 Å². The number of likely N-dealkylation sites (tertiary alicyclic amines) is 2. The average molecular weight is 770 g/mol. The highest BCUT2D eigenvalue weighted by Gasteiger charge is 2.43. The molecule has 0 saturated carbocycles. The summed E-state index contributed by atoms with van der Waals surface area (Å²) in [6, 6.07) is 3.94. The molecule has 2 aliphatic rings. The molecular formula is C37H51N7O11. The second-order valence-corrected chi connectivity index (χ2v) is 13.9. The highest BCUT2D eigenvalue weighted by molar-refractivity contribution is 5.97. The Morgan fingerprint density at radius 1 is 0.764 bits per heavy atom. The van der Waals surface area contributed by atoms with Crippen LogP contribution < -0.4 is 27.4 Å². The van der Waals surface area contributed by atoms with Gasteiger partial charge in [-0.3, -0.25) is 24.0 Å². The van der Waals surface area contributed by atoms with Gasteiger partial charge in [0.2, 0.25) is 29.5 Å². The molecular weight excluding hydrogens is 718 g/mol. The van der Waals surface area contributed by atoms with E-state index in [2.05, 4.69) is 16.0 Å². The van der Waals surface area contributed by atoms with Crippen LogP contribution in [0.4, 0.5) is 0 Å². The number of hydrogen-bond acceptors (Lipinski definition) is 12. The van der Waals surface area contributed by atoms with Crippen molar-refractivity contribution in [3.05, 3.63) is 59.7 Å². The molecule has 2 fully saturated rings. The van der Waals surface area contributed by atoms with Gasteiger partial charge in [0.1, 0.15) is 41.7 Å². The number of unbranched alkanes of at least 4 members (excludes halogenated alkanes) is 1. The van der Waals surface area contributed by atoms with Crippen LogP contribution in [0.2, 0.25) is 0 Å². The van der Waals surface area contributed by atoms with Gasteiger partial charge in [-0.25, -0.2) is 4.79 Å². The largest absolute Gasteiger partial charge is 0.508 e. The van der Waals surface area contributed by atoms with Gasteiger partial charge in [-0.15, -0.1) is 0 Å². The molecule has 4 rings (SSSR count). The molecule has 18 heteroatoms. The van der Waals surface area contributed by atoms with Crippen LogP contribution in [0.1, 0.15) is 49.7 Å². The minimum absolute atomic E-state index is 0.0298. The SMILES string of the molecule is NCCCC[C@H](N)C(=O)N1CCC[C@H]1C(=O)N[C@@H](CO)C(=O)N[C@@H](Cc1ccc(O)cc1)C(=O)N1C[C@H](O)C[C@H]1C(=O)N[C@@H](Cc1ccc(O)cc1)C(=O)O. The molecule has 18 nitrogen and oxygen atoms in total. The van der Waals surface area contributed by atoms with Gasteiger partial charge in [0.15, 0.2) is 0 Å². The Morgan fingerprint density at radius 2 is 1.33 bits per heavy atom. The molecule has 0 spiro atoms. The zero-order valence-electron chi connectivity index (χ0n) is 30.4. The van der Waals surface area contributed by atoms with Crippen LogP contribution in [0, 0.1) is 0 Å². The summed E-state index contributed by atoms with van der Waals surface area (Å²) in [5.41, 5.74) is 12.6. The van der Waals surface area contributed by atoms with E-state index in [1.54, 1.807) is 0 Å². The molecule has 300 valence electrons. The number of phenolic OH excluding ortho intramolecular Hbond substituents is 2. The van der Waals surface area contributed by atoms with Crippen LogP contribution in [0.5, 0.6) is 11.5 Å². The van der Waals surface area contributed by atoms with Crippen molar-refractivity contribution in [2.45, 2.75) is 93.7 Å². The van der Waals surface area contributed by atoms with Crippen molar-refractivity contribution >= 4 is 35.5 Å². The first-order chi connectivity index (χ1) is 26.2. The topological polar surface area (TPSA) is 298 Å². The Kier molecular flexibility index (Phi) is 15.3. The number of nitrogens with one attached hydrogen (secondary N) is 3. The summed E-state index contributed by atoms with van der Waals surface area (Å²) >= 11 is 0. The fourth-order valence-corrected chi connectivity index (χ4v) is 6.79. The summed E-state index contributed by atoms with van der Waals surface area (Å²) in [6.07, 6.45) is 0.800. The number of carbonyl (C=O) groups excluding carboxylic acids is 5. The molecule has 5 amide bonds. The van der Waals surface area contributed by atoms with E-state index >= 15 is 0 Å². The number of carboxylic acid groups (broad SMARTS) is 1. The molecule has 0 aliphatic carbocycles. The maximum atomic E-state index is 14.2. The Hall–Kier alpha value is -5.30. The average Bonchev–Trinajstić information content (AvgIpc) is 3.81. The van der Waals surface area contributed by atoms with Crippen LogP contribution in [0.15, 0.2) is 48.5 Å². The number of carboxylic acids is 1. The third kappa shape index (κ3) is 11.6. The molecule has 7 atom stereocenters. The fourth-order valence-electron chi connectivity index (χ4n) is 6.79. The van der Waals surface area contributed by atoms with E-state index in [0.29, 0.717) is 49.8 Å². The lowest BCUT2D eigenvalue weighted by Crippen LogP contribution is -2.60. The van der Waals surface area contributed by atoms with Crippen LogP contribution in [-0.2, 0) is 41.6 Å². The van der Waals surface area contributed by atoms with Crippen LogP contribution in [-0.4, -0.2) is 139 Å². The number of aliphatic carboxylic acids is 1. The third-order valence-electron chi connectivity index (χ3n) is 9.79. The number of nitrogens with zero attached hydrogens (tertiary/aromatic N) is 2. The number of benzene rings is 2. The molecule has 0 aromatic heterocycles. The molecule has 2 saturated heterocycles. The Bertz CT molecular complexity index is 1660. The van der Waals surface area contributed by atoms with Crippen molar-refractivity contribution in [2.75, 3.05) is 26.2 Å². The second-order valence-electron chi connectivity index (χ2n) is 13.9. The zero-order valence-corrected chi connectivity index (χ0v) is 30.4. The number of phenols is 2. The first-order valence-electron chi connectivity index (χ1n) is 18.3. The zero-order chi connectivity index (χ0) is 40.2. The standard InChI is InChI=1S/C37H51N7O11/c38-14-2-1-4-26(39)35(52)43-15-3-5-30(43)33(50)42-29(20-45)32(49)40-27(16-21-6-10-23(46)11-7-21)36(53)44-19-25(48)18-31(44)34(51)41-28(37(54)55)17-22-8-12-24(47)13-9-22/h6-13,25-31,45-48H,1-5,14-20,38-39H2,(H,40,49)(H,41,51)(H,42,50)(H,54,55)/t25-,26+,27+,28+,29+,30+,31+/m1/s1. The highest BCUT2D eigenvalue weighted by atomic mass is 16.4. The van der Waals surface area contributed by atoms with Crippen molar-refractivity contribution in [3.63, 3.8) is 0 Å². The van der Waals surface area contributed by atoms with Crippen molar-refractivity contribution in [1.82, 2.24) is 25.8 Å². The molecule has 0 radical (unpaired) electrons. The molecule has 0 bridgehead atoms. The monoisotopic (exact) mass is 769 g/mol. The molecule has 2 aromatic carbocycles. The summed E-state index contributed by atoms with van der Waals surface area (Å²) in [4.78, 5) is 82.4. The lowest BCUT2D eigenvalue weighted by molar-refractivity contribution is -0.145. The molecule has 55 heavy (non-hydrogen) atoms. The Balaban J connectivity index is 1.50. The Morgan fingerprint density at radius 3 is 1.89 bits per heavy atom. The summed E-state index contributed by atoms with van der Waals surface area (Å²) < 4.78 is 0. The number of carbonyl (C=O) groups is 6. The number of aromatic hydroxyl groups is 2. The number of amides is 5. The number of rotatable bonds is 18. The van der Waals surface area contributed by atoms with E-state index in [0.717, 1.165) is 4.90 Å². The molecule has 12 N–H and O–H groups in total. The van der Waals surface area contributed by atoms with Gasteiger partial charge >= 0.3 is 5.97 Å². The van der Waals surface area contributed by atoms with E-state index in [4.69, 9.17) is 11.5 Å². The highest BCUT2D eigenvalue weighted by Crippen LogP contribution is 2.23. The summed E-state index contributed by atoms with van der Waals surface area (Å²) in [6.45, 7) is -0.467. The number of hydrogen-bond donors (Lipinski definition) is 10. The van der Waals surface area contributed by atoms with Gasteiger partial charge in [-0.05, 0) is 67.6 Å². The predicted molar refractivity (Wildman–Crippen MR) is 196 cm³/mol. The Labute approximate surface area is 317 Å². The van der Waals surface area contributed by atoms with Crippen molar-refractivity contribution in [2.24, 2.45) is 11.5 Å². The minimum atomic E-state index is -1.56. The minimum Gasteiger partial charge on any atom is -0.508 e. The number of nitrogens with two attached hydrogens (primary N) is 2. The summed E-state index contributed by atoms with van der Waals surface area (Å²) in [7, 11) is 0. The molecule has 2 aromatic rings. The van der Waals surface area contributed by atoms with Crippen molar-refractivity contribution in [1.29, 1.82) is 0 Å². The van der Waals surface area contributed by atoms with Gasteiger partial charge in [-0.1, -0.05) is 30.7 Å². The normalized spacial score (nSPS) is 20.3. The van der Waals surface area contributed by atoms with E-state index in [1.807, 2.05) is 0 Å². The summed E-state index contributed by atoms with van der Waals surface area (Å²) in [5.74, 6) is -5.20. The van der Waals surface area contributed by atoms with Crippen LogP contribution >= 0.6 is 0 Å². The lowest BCUT2D eigenvalue weighted by Gasteiger charge is -2.31. The molecule has 2 heterocycles.